The standard InChI is InChI=1S/C20H22N2O/c1-4-16-7-8-19-17(12-16)9-10-22(19)13-20(23)21-18-11-14(2)5-6-15(18)3/h5-12H,4,13H2,1-3H3,(H,21,23). The maximum atomic E-state index is 12.4. The second-order valence-corrected chi connectivity index (χ2v) is 6.06. The van der Waals surface area contributed by atoms with E-state index in [4.69, 9.17) is 0 Å². The molecule has 0 fully saturated rings. The Bertz CT molecular complexity index is 861. The Morgan fingerprint density at radius 1 is 1.09 bits per heavy atom. The van der Waals surface area contributed by atoms with Gasteiger partial charge in [0.1, 0.15) is 6.54 Å². The molecule has 118 valence electrons. The van der Waals surface area contributed by atoms with Gasteiger partial charge in [-0.1, -0.05) is 25.1 Å². The third kappa shape index (κ3) is 3.29. The largest absolute Gasteiger partial charge is 0.338 e. The number of hydrogen-bond donors (Lipinski definition) is 1. The summed E-state index contributed by atoms with van der Waals surface area (Å²) in [6.07, 6.45) is 3.00. The number of aryl methyl sites for hydroxylation is 3. The Morgan fingerprint density at radius 3 is 2.70 bits per heavy atom. The number of aromatic nitrogens is 1. The smallest absolute Gasteiger partial charge is 0.244 e. The molecular formula is C20H22N2O. The zero-order valence-corrected chi connectivity index (χ0v) is 13.9. The number of carbonyl (C=O) groups is 1. The number of nitrogens with zero attached hydrogens (tertiary/aromatic N) is 1. The van der Waals surface area contributed by atoms with Gasteiger partial charge in [-0.2, -0.15) is 0 Å². The second-order valence-electron chi connectivity index (χ2n) is 6.06. The number of benzene rings is 2. The zero-order valence-electron chi connectivity index (χ0n) is 13.9. The SMILES string of the molecule is CCc1ccc2c(ccn2CC(=O)Nc2cc(C)ccc2C)c1. The van der Waals surface area contributed by atoms with Gasteiger partial charge in [0, 0.05) is 17.4 Å². The Kier molecular flexibility index (Phi) is 4.20. The summed E-state index contributed by atoms with van der Waals surface area (Å²) < 4.78 is 2.00. The molecule has 0 aliphatic rings. The first-order valence-electron chi connectivity index (χ1n) is 8.01. The molecule has 0 aliphatic heterocycles. The molecule has 0 unspecified atom stereocenters. The number of hydrogen-bond acceptors (Lipinski definition) is 1. The molecule has 0 aliphatic carbocycles. The third-order valence-corrected chi connectivity index (χ3v) is 4.22. The molecule has 3 aromatic rings. The molecule has 1 N–H and O–H groups in total. The van der Waals surface area contributed by atoms with Crippen LogP contribution in [0, 0.1) is 13.8 Å². The lowest BCUT2D eigenvalue weighted by Crippen LogP contribution is -2.18. The zero-order chi connectivity index (χ0) is 16.4. The molecule has 0 spiro atoms. The van der Waals surface area contributed by atoms with Crippen molar-refractivity contribution in [2.45, 2.75) is 33.7 Å². The van der Waals surface area contributed by atoms with Gasteiger partial charge < -0.3 is 9.88 Å². The van der Waals surface area contributed by atoms with Crippen molar-refractivity contribution in [2.24, 2.45) is 0 Å². The van der Waals surface area contributed by atoms with Crippen LogP contribution in [0.1, 0.15) is 23.6 Å². The van der Waals surface area contributed by atoms with E-state index >= 15 is 0 Å². The molecular weight excluding hydrogens is 284 g/mol. The van der Waals surface area contributed by atoms with Gasteiger partial charge in [-0.25, -0.2) is 0 Å². The molecule has 3 heteroatoms. The summed E-state index contributed by atoms with van der Waals surface area (Å²) in [4.78, 5) is 12.4. The fourth-order valence-corrected chi connectivity index (χ4v) is 2.82. The Balaban J connectivity index is 1.79. The lowest BCUT2D eigenvalue weighted by Gasteiger charge is -2.11. The summed E-state index contributed by atoms with van der Waals surface area (Å²) >= 11 is 0. The van der Waals surface area contributed by atoms with E-state index in [0.717, 1.165) is 28.8 Å². The fraction of sp³-hybridized carbons (Fsp3) is 0.250. The van der Waals surface area contributed by atoms with Crippen molar-refractivity contribution in [3.05, 3.63) is 65.4 Å². The van der Waals surface area contributed by atoms with Crippen LogP contribution in [-0.4, -0.2) is 10.5 Å². The lowest BCUT2D eigenvalue weighted by molar-refractivity contribution is -0.116. The predicted molar refractivity (Wildman–Crippen MR) is 95.9 cm³/mol. The van der Waals surface area contributed by atoms with Gasteiger partial charge in [-0.15, -0.1) is 0 Å². The van der Waals surface area contributed by atoms with E-state index in [1.54, 1.807) is 0 Å². The fourth-order valence-electron chi connectivity index (χ4n) is 2.82. The van der Waals surface area contributed by atoms with E-state index in [-0.39, 0.29) is 5.91 Å². The highest BCUT2D eigenvalue weighted by Crippen LogP contribution is 2.19. The van der Waals surface area contributed by atoms with Crippen molar-refractivity contribution in [2.75, 3.05) is 5.32 Å². The van der Waals surface area contributed by atoms with E-state index in [0.29, 0.717) is 6.54 Å². The van der Waals surface area contributed by atoms with E-state index < -0.39 is 0 Å². The van der Waals surface area contributed by atoms with E-state index in [2.05, 4.69) is 42.6 Å². The van der Waals surface area contributed by atoms with Crippen molar-refractivity contribution in [3.8, 4) is 0 Å². The monoisotopic (exact) mass is 306 g/mol. The number of anilines is 1. The van der Waals surface area contributed by atoms with Gasteiger partial charge in [-0.05, 0) is 66.6 Å². The highest BCUT2D eigenvalue weighted by atomic mass is 16.1. The lowest BCUT2D eigenvalue weighted by atomic mass is 10.1. The molecule has 3 nitrogen and oxygen atoms in total. The maximum absolute atomic E-state index is 12.4. The molecule has 0 bridgehead atoms. The summed E-state index contributed by atoms with van der Waals surface area (Å²) in [5, 5.41) is 4.20. The average molecular weight is 306 g/mol. The molecule has 0 atom stereocenters. The van der Waals surface area contributed by atoms with Crippen LogP contribution in [0.4, 0.5) is 5.69 Å². The molecule has 23 heavy (non-hydrogen) atoms. The van der Waals surface area contributed by atoms with Crippen molar-refractivity contribution >= 4 is 22.5 Å². The van der Waals surface area contributed by atoms with Crippen LogP contribution < -0.4 is 5.32 Å². The minimum Gasteiger partial charge on any atom is -0.338 e. The third-order valence-electron chi connectivity index (χ3n) is 4.22. The van der Waals surface area contributed by atoms with E-state index in [9.17, 15) is 4.79 Å². The van der Waals surface area contributed by atoms with Crippen molar-refractivity contribution in [1.29, 1.82) is 0 Å². The van der Waals surface area contributed by atoms with Crippen molar-refractivity contribution in [3.63, 3.8) is 0 Å². The van der Waals surface area contributed by atoms with Gasteiger partial charge >= 0.3 is 0 Å². The first kappa shape index (κ1) is 15.3. The number of fused-ring (bicyclic) bond motifs is 1. The van der Waals surface area contributed by atoms with Crippen LogP contribution >= 0.6 is 0 Å². The van der Waals surface area contributed by atoms with Crippen LogP contribution in [0.25, 0.3) is 10.9 Å². The van der Waals surface area contributed by atoms with E-state index in [1.165, 1.54) is 10.9 Å². The first-order chi connectivity index (χ1) is 11.1. The minimum absolute atomic E-state index is 0.00392. The quantitative estimate of drug-likeness (QED) is 0.758. The van der Waals surface area contributed by atoms with Gasteiger partial charge in [0.2, 0.25) is 5.91 Å². The molecule has 3 rings (SSSR count). The molecule has 0 saturated heterocycles. The molecule has 0 radical (unpaired) electrons. The number of nitrogens with one attached hydrogen (secondary N) is 1. The van der Waals surface area contributed by atoms with E-state index in [1.807, 2.05) is 36.7 Å². The summed E-state index contributed by atoms with van der Waals surface area (Å²) in [5.41, 5.74) is 5.52. The Morgan fingerprint density at radius 2 is 1.91 bits per heavy atom. The van der Waals surface area contributed by atoms with Crippen LogP contribution in [0.15, 0.2) is 48.7 Å². The van der Waals surface area contributed by atoms with Crippen LogP contribution in [0.2, 0.25) is 0 Å². The topological polar surface area (TPSA) is 34.0 Å². The normalized spacial score (nSPS) is 10.9. The molecule has 1 amide bonds. The Hall–Kier alpha value is -2.55. The predicted octanol–water partition coefficient (Wildman–Crippen LogP) is 4.46. The van der Waals surface area contributed by atoms with Crippen molar-refractivity contribution in [1.82, 2.24) is 4.57 Å². The highest BCUT2D eigenvalue weighted by Gasteiger charge is 2.08. The van der Waals surface area contributed by atoms with Gasteiger partial charge in [0.05, 0.1) is 0 Å². The van der Waals surface area contributed by atoms with Crippen LogP contribution in [0.3, 0.4) is 0 Å². The number of rotatable bonds is 4. The summed E-state index contributed by atoms with van der Waals surface area (Å²) in [6, 6.07) is 14.6. The molecule has 1 heterocycles. The molecule has 2 aromatic carbocycles. The summed E-state index contributed by atoms with van der Waals surface area (Å²) in [6.45, 7) is 6.50. The van der Waals surface area contributed by atoms with Gasteiger partial charge in [-0.3, -0.25) is 4.79 Å². The van der Waals surface area contributed by atoms with Gasteiger partial charge in [0.25, 0.3) is 0 Å². The van der Waals surface area contributed by atoms with Gasteiger partial charge in [0.15, 0.2) is 0 Å². The molecule has 1 aromatic heterocycles. The maximum Gasteiger partial charge on any atom is 0.244 e. The summed E-state index contributed by atoms with van der Waals surface area (Å²) in [5.74, 6) is -0.00392. The first-order valence-corrected chi connectivity index (χ1v) is 8.01. The molecule has 0 saturated carbocycles. The summed E-state index contributed by atoms with van der Waals surface area (Å²) in [7, 11) is 0. The number of carbonyl (C=O) groups excluding carboxylic acids is 1. The number of amides is 1. The minimum atomic E-state index is -0.00392. The van der Waals surface area contributed by atoms with Crippen molar-refractivity contribution < 1.29 is 4.79 Å². The Labute approximate surface area is 136 Å². The highest BCUT2D eigenvalue weighted by molar-refractivity contribution is 5.92. The van der Waals surface area contributed by atoms with Crippen LogP contribution in [-0.2, 0) is 17.8 Å². The second kappa shape index (κ2) is 6.29. The van der Waals surface area contributed by atoms with Crippen LogP contribution in [0.5, 0.6) is 0 Å². The average Bonchev–Trinajstić information content (AvgIpc) is 2.93.